The highest BCUT2D eigenvalue weighted by molar-refractivity contribution is 4.70. The maximum absolute atomic E-state index is 4.77. The molecule has 0 aliphatic rings. The lowest BCUT2D eigenvalue weighted by Crippen LogP contribution is -2.05. The Morgan fingerprint density at radius 1 is 1.75 bits per heavy atom. The highest BCUT2D eigenvalue weighted by atomic mass is 16.6. The lowest BCUT2D eigenvalue weighted by atomic mass is 10.7. The third kappa shape index (κ3) is 5.24. The molecule has 0 saturated carbocycles. The van der Waals surface area contributed by atoms with Crippen LogP contribution in [0.15, 0.2) is 24.9 Å². The van der Waals surface area contributed by atoms with Crippen LogP contribution in [0.5, 0.6) is 0 Å². The number of hydrogen-bond acceptors (Lipinski definition) is 2. The minimum atomic E-state index is 0.532. The molecule has 46 valence electrons. The molecule has 0 atom stereocenters. The average Bonchev–Trinajstić information content (AvgIpc) is 1.81. The minimum Gasteiger partial charge on any atom is -0.274 e. The van der Waals surface area contributed by atoms with Crippen LogP contribution in [0.2, 0.25) is 0 Å². The summed E-state index contributed by atoms with van der Waals surface area (Å²) in [5.74, 6) is 0. The van der Waals surface area contributed by atoms with E-state index in [1.807, 2.05) is 13.0 Å². The molecule has 0 aromatic heterocycles. The lowest BCUT2D eigenvalue weighted by Gasteiger charge is -1.94. The second-order valence-corrected chi connectivity index (χ2v) is 1.22. The SMILES string of the molecule is C=CCON/C=C/C. The van der Waals surface area contributed by atoms with Crippen molar-refractivity contribution in [3.63, 3.8) is 0 Å². The van der Waals surface area contributed by atoms with Crippen molar-refractivity contribution >= 4 is 0 Å². The Balaban J connectivity index is 2.82. The lowest BCUT2D eigenvalue weighted by molar-refractivity contribution is 0.0956. The van der Waals surface area contributed by atoms with Crippen LogP contribution in [0, 0.1) is 0 Å². The maximum atomic E-state index is 4.77. The molecule has 0 saturated heterocycles. The van der Waals surface area contributed by atoms with Gasteiger partial charge in [-0.1, -0.05) is 12.2 Å². The van der Waals surface area contributed by atoms with Crippen molar-refractivity contribution in [2.24, 2.45) is 0 Å². The van der Waals surface area contributed by atoms with Crippen LogP contribution < -0.4 is 5.48 Å². The zero-order valence-corrected chi connectivity index (χ0v) is 5.05. The van der Waals surface area contributed by atoms with E-state index in [0.29, 0.717) is 6.61 Å². The van der Waals surface area contributed by atoms with Crippen molar-refractivity contribution < 1.29 is 4.84 Å². The molecule has 8 heavy (non-hydrogen) atoms. The smallest absolute Gasteiger partial charge is 0.0924 e. The summed E-state index contributed by atoms with van der Waals surface area (Å²) in [7, 11) is 0. The molecule has 0 aliphatic carbocycles. The molecule has 0 radical (unpaired) electrons. The molecule has 2 heteroatoms. The first kappa shape index (κ1) is 7.24. The van der Waals surface area contributed by atoms with Crippen LogP contribution in [0.25, 0.3) is 0 Å². The summed E-state index contributed by atoms with van der Waals surface area (Å²) in [6.45, 7) is 5.91. The molecule has 0 spiro atoms. The van der Waals surface area contributed by atoms with Crippen molar-refractivity contribution in [2.45, 2.75) is 6.92 Å². The van der Waals surface area contributed by atoms with Gasteiger partial charge in [-0.3, -0.25) is 10.3 Å². The predicted octanol–water partition coefficient (Wildman–Crippen LogP) is 1.23. The number of nitrogens with one attached hydrogen (secondary N) is 1. The topological polar surface area (TPSA) is 21.3 Å². The Labute approximate surface area is 49.8 Å². The van der Waals surface area contributed by atoms with Gasteiger partial charge in [-0.2, -0.15) is 0 Å². The van der Waals surface area contributed by atoms with Crippen LogP contribution in [-0.4, -0.2) is 6.61 Å². The first-order valence-electron chi connectivity index (χ1n) is 2.51. The fourth-order valence-corrected chi connectivity index (χ4v) is 0.223. The van der Waals surface area contributed by atoms with Gasteiger partial charge >= 0.3 is 0 Å². The first-order chi connectivity index (χ1) is 3.91. The number of rotatable bonds is 4. The van der Waals surface area contributed by atoms with Gasteiger partial charge in [0.15, 0.2) is 0 Å². The summed E-state index contributed by atoms with van der Waals surface area (Å²) < 4.78 is 0. The Hall–Kier alpha value is -0.760. The van der Waals surface area contributed by atoms with Crippen LogP contribution in [-0.2, 0) is 4.84 Å². The van der Waals surface area contributed by atoms with Crippen molar-refractivity contribution in [2.75, 3.05) is 6.61 Å². The third-order valence-corrected chi connectivity index (χ3v) is 0.519. The van der Waals surface area contributed by atoms with Gasteiger partial charge in [0.25, 0.3) is 0 Å². The van der Waals surface area contributed by atoms with Gasteiger partial charge in [-0.15, -0.1) is 6.58 Å². The van der Waals surface area contributed by atoms with Gasteiger partial charge in [-0.25, -0.2) is 0 Å². The fourth-order valence-electron chi connectivity index (χ4n) is 0.223. The molecular formula is C6H11NO. The van der Waals surface area contributed by atoms with Crippen molar-refractivity contribution in [3.8, 4) is 0 Å². The minimum absolute atomic E-state index is 0.532. The largest absolute Gasteiger partial charge is 0.274 e. The second-order valence-electron chi connectivity index (χ2n) is 1.22. The predicted molar refractivity (Wildman–Crippen MR) is 34.1 cm³/mol. The fraction of sp³-hybridized carbons (Fsp3) is 0.333. The molecule has 0 rings (SSSR count). The normalized spacial score (nSPS) is 9.62. The Kier molecular flexibility index (Phi) is 5.65. The molecule has 1 N–H and O–H groups in total. The first-order valence-corrected chi connectivity index (χ1v) is 2.51. The summed E-state index contributed by atoms with van der Waals surface area (Å²) in [6.07, 6.45) is 5.24. The van der Waals surface area contributed by atoms with Crippen LogP contribution in [0.1, 0.15) is 6.92 Å². The number of hydrogen-bond donors (Lipinski definition) is 1. The maximum Gasteiger partial charge on any atom is 0.0924 e. The van der Waals surface area contributed by atoms with E-state index in [1.54, 1.807) is 12.3 Å². The molecule has 0 unspecified atom stereocenters. The van der Waals surface area contributed by atoms with Crippen LogP contribution in [0.3, 0.4) is 0 Å². The van der Waals surface area contributed by atoms with E-state index in [-0.39, 0.29) is 0 Å². The molecule has 0 aromatic rings. The van der Waals surface area contributed by atoms with Crippen LogP contribution >= 0.6 is 0 Å². The Morgan fingerprint density at radius 3 is 3.00 bits per heavy atom. The highest BCUT2D eigenvalue weighted by Crippen LogP contribution is 1.67. The summed E-state index contributed by atoms with van der Waals surface area (Å²) in [4.78, 5) is 4.77. The number of allylic oxidation sites excluding steroid dienone is 1. The summed E-state index contributed by atoms with van der Waals surface area (Å²) in [5.41, 5.74) is 2.58. The molecule has 0 amide bonds. The highest BCUT2D eigenvalue weighted by Gasteiger charge is 1.69. The van der Waals surface area contributed by atoms with Gasteiger partial charge < -0.3 is 0 Å². The molecule has 0 heterocycles. The quantitative estimate of drug-likeness (QED) is 0.336. The van der Waals surface area contributed by atoms with E-state index in [9.17, 15) is 0 Å². The zero-order valence-electron chi connectivity index (χ0n) is 5.05. The Bertz CT molecular complexity index is 78.6. The van der Waals surface area contributed by atoms with Crippen molar-refractivity contribution in [1.29, 1.82) is 0 Å². The zero-order chi connectivity index (χ0) is 6.24. The van der Waals surface area contributed by atoms with Gasteiger partial charge in [0.2, 0.25) is 0 Å². The average molecular weight is 113 g/mol. The van der Waals surface area contributed by atoms with Crippen LogP contribution in [0.4, 0.5) is 0 Å². The van der Waals surface area contributed by atoms with Gasteiger partial charge in [0.05, 0.1) is 6.61 Å². The molecule has 0 fully saturated rings. The van der Waals surface area contributed by atoms with E-state index >= 15 is 0 Å². The molecule has 0 aliphatic heterocycles. The van der Waals surface area contributed by atoms with Crippen molar-refractivity contribution in [3.05, 3.63) is 24.9 Å². The third-order valence-electron chi connectivity index (χ3n) is 0.519. The molecule has 0 aromatic carbocycles. The monoisotopic (exact) mass is 113 g/mol. The Morgan fingerprint density at radius 2 is 2.50 bits per heavy atom. The van der Waals surface area contributed by atoms with E-state index in [1.165, 1.54) is 0 Å². The van der Waals surface area contributed by atoms with E-state index in [4.69, 9.17) is 4.84 Å². The van der Waals surface area contributed by atoms with E-state index < -0.39 is 0 Å². The standard InChI is InChI=1S/C6H11NO/c1-3-5-7-8-6-4-2/h3-5,7H,2,6H2,1H3/b5-3+. The van der Waals surface area contributed by atoms with E-state index in [0.717, 1.165) is 0 Å². The molecule has 0 bridgehead atoms. The molecule has 2 nitrogen and oxygen atoms in total. The van der Waals surface area contributed by atoms with Crippen molar-refractivity contribution in [1.82, 2.24) is 5.48 Å². The summed E-state index contributed by atoms with van der Waals surface area (Å²) >= 11 is 0. The second kappa shape index (κ2) is 6.24. The van der Waals surface area contributed by atoms with Gasteiger partial charge in [0.1, 0.15) is 0 Å². The molecular weight excluding hydrogens is 102 g/mol. The summed E-state index contributed by atoms with van der Waals surface area (Å²) in [5, 5.41) is 0. The van der Waals surface area contributed by atoms with Gasteiger partial charge in [-0.05, 0) is 6.92 Å². The number of hydroxylamine groups is 1. The van der Waals surface area contributed by atoms with E-state index in [2.05, 4.69) is 12.1 Å². The summed E-state index contributed by atoms with van der Waals surface area (Å²) in [6, 6.07) is 0. The van der Waals surface area contributed by atoms with Gasteiger partial charge in [0, 0.05) is 6.20 Å².